The number of nitrogens with zero attached hydrogens (tertiary/aromatic N) is 6. The molecule has 0 saturated carbocycles. The van der Waals surface area contributed by atoms with E-state index in [1.165, 1.54) is 7.11 Å². The van der Waals surface area contributed by atoms with Crippen LogP contribution in [0, 0.1) is 6.92 Å². The van der Waals surface area contributed by atoms with E-state index in [-0.39, 0.29) is 18.0 Å². The Morgan fingerprint density at radius 2 is 1.90 bits per heavy atom. The number of fused-ring (bicyclic) bond motifs is 3. The minimum Gasteiger partial charge on any atom is -0.481 e. The van der Waals surface area contributed by atoms with Crippen LogP contribution in [0.4, 0.5) is 0 Å². The van der Waals surface area contributed by atoms with Crippen molar-refractivity contribution in [2.75, 3.05) is 7.11 Å². The lowest BCUT2D eigenvalue weighted by molar-refractivity contribution is 0.266. The Labute approximate surface area is 165 Å². The number of sulfonamides is 1. The fraction of sp³-hybridized carbons (Fsp3) is 0.235. The highest BCUT2D eigenvalue weighted by Crippen LogP contribution is 2.28. The van der Waals surface area contributed by atoms with Gasteiger partial charge in [-0.2, -0.15) is 4.98 Å². The molecule has 0 aliphatic carbocycles. The summed E-state index contributed by atoms with van der Waals surface area (Å²) >= 11 is 0. The first kappa shape index (κ1) is 19.1. The molecule has 0 radical (unpaired) electrons. The van der Waals surface area contributed by atoms with Gasteiger partial charge in [-0.05, 0) is 13.0 Å². The Hall–Kier alpha value is -3.22. The molecule has 4 aromatic heterocycles. The summed E-state index contributed by atoms with van der Waals surface area (Å²) < 4.78 is 29.7. The highest BCUT2D eigenvalue weighted by atomic mass is 32.2. The monoisotopic (exact) mass is 415 g/mol. The maximum Gasteiger partial charge on any atom is 0.241 e. The molecule has 0 aliphatic rings. The number of rotatable bonds is 5. The van der Waals surface area contributed by atoms with Gasteiger partial charge in [0, 0.05) is 11.5 Å². The molecule has 11 nitrogen and oxygen atoms in total. The average Bonchev–Trinajstić information content (AvgIpc) is 3.06. The van der Waals surface area contributed by atoms with E-state index in [9.17, 15) is 13.5 Å². The topological polar surface area (TPSA) is 159 Å². The van der Waals surface area contributed by atoms with Crippen LogP contribution in [0.2, 0.25) is 0 Å². The Balaban J connectivity index is 1.90. The van der Waals surface area contributed by atoms with Gasteiger partial charge < -0.3 is 14.4 Å². The van der Waals surface area contributed by atoms with Gasteiger partial charge in [-0.15, -0.1) is 0 Å². The number of aliphatic hydroxyl groups is 1. The normalized spacial score (nSPS) is 12.0. The van der Waals surface area contributed by atoms with E-state index in [1.54, 1.807) is 17.6 Å². The van der Waals surface area contributed by atoms with Crippen LogP contribution in [-0.4, -0.2) is 50.1 Å². The van der Waals surface area contributed by atoms with Crippen molar-refractivity contribution < 1.29 is 18.3 Å². The van der Waals surface area contributed by atoms with E-state index in [4.69, 9.17) is 9.88 Å². The van der Waals surface area contributed by atoms with Crippen molar-refractivity contribution in [1.82, 2.24) is 29.5 Å². The number of nitrogens with two attached hydrogens (primary N) is 1. The van der Waals surface area contributed by atoms with Crippen LogP contribution < -0.4 is 9.88 Å². The second-order valence-electron chi connectivity index (χ2n) is 6.27. The Morgan fingerprint density at radius 1 is 1.17 bits per heavy atom. The number of imidazole rings is 1. The summed E-state index contributed by atoms with van der Waals surface area (Å²) in [5.41, 5.74) is 2.46. The molecule has 0 aliphatic heterocycles. The van der Waals surface area contributed by atoms with Crippen LogP contribution in [0.5, 0.6) is 5.88 Å². The van der Waals surface area contributed by atoms with Crippen LogP contribution in [0.15, 0.2) is 29.4 Å². The van der Waals surface area contributed by atoms with Crippen molar-refractivity contribution in [3.8, 4) is 5.88 Å². The summed E-state index contributed by atoms with van der Waals surface area (Å²) in [6, 6.07) is 3.53. The van der Waals surface area contributed by atoms with Crippen molar-refractivity contribution in [3.05, 3.63) is 41.9 Å². The third-order valence-corrected chi connectivity index (χ3v) is 5.30. The van der Waals surface area contributed by atoms with Gasteiger partial charge in [0.25, 0.3) is 0 Å². The van der Waals surface area contributed by atoms with Gasteiger partial charge in [0.15, 0.2) is 5.65 Å². The van der Waals surface area contributed by atoms with E-state index >= 15 is 0 Å². The van der Waals surface area contributed by atoms with E-state index in [0.717, 1.165) is 17.8 Å². The lowest BCUT2D eigenvalue weighted by atomic mass is 10.2. The predicted molar refractivity (Wildman–Crippen MR) is 103 cm³/mol. The molecule has 12 heteroatoms. The molecule has 0 amide bonds. The molecule has 0 atom stereocenters. The van der Waals surface area contributed by atoms with Crippen molar-refractivity contribution in [3.63, 3.8) is 0 Å². The highest BCUT2D eigenvalue weighted by molar-refractivity contribution is 7.89. The first-order valence-corrected chi connectivity index (χ1v) is 10.0. The van der Waals surface area contributed by atoms with Crippen LogP contribution in [0.1, 0.15) is 17.3 Å². The van der Waals surface area contributed by atoms with Crippen LogP contribution >= 0.6 is 0 Å². The van der Waals surface area contributed by atoms with Crippen LogP contribution in [0.3, 0.4) is 0 Å². The number of hydrogen-bond donors (Lipinski definition) is 2. The molecule has 29 heavy (non-hydrogen) atoms. The molecular weight excluding hydrogens is 398 g/mol. The molecule has 0 fully saturated rings. The quantitative estimate of drug-likeness (QED) is 0.466. The first-order chi connectivity index (χ1) is 13.8. The number of methoxy groups -OCH3 is 1. The van der Waals surface area contributed by atoms with Gasteiger partial charge in [-0.1, -0.05) is 0 Å². The van der Waals surface area contributed by atoms with Gasteiger partial charge in [0.1, 0.15) is 28.7 Å². The van der Waals surface area contributed by atoms with E-state index < -0.39 is 10.0 Å². The lowest BCUT2D eigenvalue weighted by Crippen LogP contribution is -2.14. The van der Waals surface area contributed by atoms with Crippen LogP contribution in [0.25, 0.3) is 22.1 Å². The summed E-state index contributed by atoms with van der Waals surface area (Å²) in [4.78, 5) is 21.3. The number of aromatic nitrogens is 6. The zero-order chi connectivity index (χ0) is 20.8. The second kappa shape index (κ2) is 6.99. The zero-order valence-corrected chi connectivity index (χ0v) is 16.4. The molecule has 0 aromatic carbocycles. The summed E-state index contributed by atoms with van der Waals surface area (Å²) in [6.45, 7) is 1.65. The maximum atomic E-state index is 11.4. The maximum absolute atomic E-state index is 11.4. The van der Waals surface area contributed by atoms with Gasteiger partial charge in [-0.25, -0.2) is 33.5 Å². The standard InChI is InChI=1S/C17H17N7O4S/c1-9-15-16(11-3-4-14(28-2)23-17(11)21-9)24(13(8-25)22-15)7-12-19-5-10(6-20-12)29(18,26)27/h3-6,25H,7-8H2,1-2H3,(H2,18,26,27). The van der Waals surface area contributed by atoms with Gasteiger partial charge in [0.2, 0.25) is 15.9 Å². The van der Waals surface area contributed by atoms with Crippen molar-refractivity contribution in [2.45, 2.75) is 25.0 Å². The Morgan fingerprint density at radius 3 is 2.52 bits per heavy atom. The molecule has 3 N–H and O–H groups in total. The summed E-state index contributed by atoms with van der Waals surface area (Å²) in [7, 11) is -2.36. The fourth-order valence-corrected chi connectivity index (χ4v) is 3.45. The number of ether oxygens (including phenoxy) is 1. The van der Waals surface area contributed by atoms with Crippen molar-refractivity contribution in [2.24, 2.45) is 5.14 Å². The second-order valence-corrected chi connectivity index (χ2v) is 7.83. The highest BCUT2D eigenvalue weighted by Gasteiger charge is 2.19. The number of pyridine rings is 2. The van der Waals surface area contributed by atoms with Gasteiger partial charge in [-0.3, -0.25) is 0 Å². The van der Waals surface area contributed by atoms with E-state index in [0.29, 0.717) is 39.9 Å². The third-order valence-electron chi connectivity index (χ3n) is 4.43. The summed E-state index contributed by atoms with van der Waals surface area (Å²) in [5, 5.41) is 15.6. The van der Waals surface area contributed by atoms with Gasteiger partial charge >= 0.3 is 0 Å². The number of hydrogen-bond acceptors (Lipinski definition) is 9. The van der Waals surface area contributed by atoms with Crippen molar-refractivity contribution in [1.29, 1.82) is 0 Å². The minimum atomic E-state index is -3.88. The van der Waals surface area contributed by atoms with Crippen LogP contribution in [-0.2, 0) is 23.2 Å². The van der Waals surface area contributed by atoms with Gasteiger partial charge in [0.05, 0.1) is 37.3 Å². The lowest BCUT2D eigenvalue weighted by Gasteiger charge is -2.10. The molecule has 4 heterocycles. The average molecular weight is 415 g/mol. The number of primary sulfonamides is 1. The molecule has 0 bridgehead atoms. The third kappa shape index (κ3) is 3.37. The summed E-state index contributed by atoms with van der Waals surface area (Å²) in [5.74, 6) is 1.15. The smallest absolute Gasteiger partial charge is 0.241 e. The Kier molecular flexibility index (Phi) is 4.61. The molecule has 0 saturated heterocycles. The molecule has 4 rings (SSSR count). The van der Waals surface area contributed by atoms with E-state index in [1.807, 2.05) is 6.07 Å². The number of aliphatic hydroxyl groups excluding tert-OH is 1. The SMILES string of the molecule is COc1ccc2c(n1)nc(C)c1nc(CO)n(Cc3ncc(S(N)(=O)=O)cn3)c12. The molecule has 0 spiro atoms. The van der Waals surface area contributed by atoms with E-state index in [2.05, 4.69) is 24.9 Å². The molecule has 4 aromatic rings. The predicted octanol–water partition coefficient (Wildman–Crippen LogP) is 0.275. The summed E-state index contributed by atoms with van der Waals surface area (Å²) in [6.07, 6.45) is 2.29. The fourth-order valence-electron chi connectivity index (χ4n) is 3.05. The molecule has 0 unspecified atom stereocenters. The first-order valence-electron chi connectivity index (χ1n) is 8.47. The molecular formula is C17H17N7O4S. The molecule has 150 valence electrons. The van der Waals surface area contributed by atoms with Crippen molar-refractivity contribution >= 4 is 32.1 Å². The largest absolute Gasteiger partial charge is 0.481 e. The Bertz CT molecular complexity index is 1330. The minimum absolute atomic E-state index is 0.155. The number of aryl methyl sites for hydroxylation is 1. The zero-order valence-electron chi connectivity index (χ0n) is 15.6.